The van der Waals surface area contributed by atoms with Gasteiger partial charge in [0.1, 0.15) is 12.4 Å². The van der Waals surface area contributed by atoms with Crippen LogP contribution in [-0.2, 0) is 9.53 Å². The molecule has 8 nitrogen and oxygen atoms in total. The Labute approximate surface area is 169 Å². The minimum absolute atomic E-state index is 0.0184. The minimum atomic E-state index is -0.155. The molecule has 4 rings (SSSR count). The largest absolute Gasteiger partial charge is 0.497 e. The number of nitrogens with zero attached hydrogens (tertiary/aromatic N) is 3. The van der Waals surface area contributed by atoms with Crippen molar-refractivity contribution < 1.29 is 23.5 Å². The van der Waals surface area contributed by atoms with Crippen molar-refractivity contribution in [2.24, 2.45) is 11.8 Å². The Kier molecular flexibility index (Phi) is 5.53. The third-order valence-electron chi connectivity index (χ3n) is 5.80. The molecule has 2 fully saturated rings. The highest BCUT2D eigenvalue weighted by Crippen LogP contribution is 2.45. The normalized spacial score (nSPS) is 23.3. The highest BCUT2D eigenvalue weighted by Gasteiger charge is 2.50. The van der Waals surface area contributed by atoms with Gasteiger partial charge in [-0.15, -0.1) is 0 Å². The summed E-state index contributed by atoms with van der Waals surface area (Å²) in [6, 6.07) is 7.69. The Morgan fingerprint density at radius 2 is 2.00 bits per heavy atom. The average Bonchev–Trinajstić information content (AvgIpc) is 3.47. The first-order valence-electron chi connectivity index (χ1n) is 9.81. The molecule has 3 atom stereocenters. The van der Waals surface area contributed by atoms with Gasteiger partial charge in [0.2, 0.25) is 11.7 Å². The van der Waals surface area contributed by atoms with Gasteiger partial charge in [0.15, 0.2) is 6.39 Å². The van der Waals surface area contributed by atoms with E-state index in [2.05, 4.69) is 4.98 Å². The molecule has 8 heteroatoms. The van der Waals surface area contributed by atoms with Gasteiger partial charge in [0.05, 0.1) is 19.3 Å². The number of amides is 2. The maximum absolute atomic E-state index is 12.8. The van der Waals surface area contributed by atoms with Crippen LogP contribution in [0.3, 0.4) is 0 Å². The van der Waals surface area contributed by atoms with Gasteiger partial charge in [-0.2, -0.15) is 0 Å². The van der Waals surface area contributed by atoms with Gasteiger partial charge in [-0.05, 0) is 24.6 Å². The van der Waals surface area contributed by atoms with E-state index in [0.29, 0.717) is 26.2 Å². The van der Waals surface area contributed by atoms with Crippen molar-refractivity contribution in [3.63, 3.8) is 0 Å². The van der Waals surface area contributed by atoms with E-state index in [9.17, 15) is 9.59 Å². The second kappa shape index (κ2) is 8.24. The topological polar surface area (TPSA) is 85.1 Å². The van der Waals surface area contributed by atoms with Crippen molar-refractivity contribution in [1.82, 2.24) is 14.8 Å². The number of carbonyl (C=O) groups excluding carboxylic acids is 2. The smallest absolute Gasteiger partial charge is 0.291 e. The van der Waals surface area contributed by atoms with E-state index >= 15 is 0 Å². The van der Waals surface area contributed by atoms with Crippen LogP contribution in [0, 0.1) is 11.8 Å². The zero-order valence-corrected chi connectivity index (χ0v) is 16.6. The van der Waals surface area contributed by atoms with Crippen LogP contribution in [0.25, 0.3) is 0 Å². The zero-order valence-electron chi connectivity index (χ0n) is 16.6. The van der Waals surface area contributed by atoms with Crippen molar-refractivity contribution >= 4 is 11.8 Å². The van der Waals surface area contributed by atoms with Crippen LogP contribution in [0.2, 0.25) is 0 Å². The van der Waals surface area contributed by atoms with Crippen LogP contribution in [0.4, 0.5) is 0 Å². The molecule has 0 aliphatic carbocycles. The summed E-state index contributed by atoms with van der Waals surface area (Å²) in [6.07, 6.45) is 2.70. The van der Waals surface area contributed by atoms with Crippen LogP contribution < -0.4 is 4.74 Å². The van der Waals surface area contributed by atoms with Crippen LogP contribution in [0.5, 0.6) is 5.75 Å². The lowest BCUT2D eigenvalue weighted by Gasteiger charge is -2.30. The lowest BCUT2D eigenvalue weighted by molar-refractivity contribution is -0.137. The fourth-order valence-corrected chi connectivity index (χ4v) is 4.45. The van der Waals surface area contributed by atoms with Gasteiger partial charge in [0, 0.05) is 38.1 Å². The molecule has 29 heavy (non-hydrogen) atoms. The second-order valence-electron chi connectivity index (χ2n) is 7.40. The van der Waals surface area contributed by atoms with Crippen molar-refractivity contribution in [3.8, 4) is 5.75 Å². The number of oxazole rings is 1. The minimum Gasteiger partial charge on any atom is -0.497 e. The number of ether oxygens (including phenoxy) is 2. The quantitative estimate of drug-likeness (QED) is 0.739. The Morgan fingerprint density at radius 3 is 2.66 bits per heavy atom. The first kappa shape index (κ1) is 19.4. The van der Waals surface area contributed by atoms with Crippen molar-refractivity contribution in [1.29, 1.82) is 0 Å². The molecule has 0 radical (unpaired) electrons. The number of methoxy groups -OCH3 is 1. The summed E-state index contributed by atoms with van der Waals surface area (Å²) in [5.74, 6) is 1.20. The Hall–Kier alpha value is -2.87. The van der Waals surface area contributed by atoms with Crippen LogP contribution in [-0.4, -0.2) is 66.6 Å². The number of hydrogen-bond donors (Lipinski definition) is 0. The molecule has 0 bridgehead atoms. The molecule has 0 saturated carbocycles. The average molecular weight is 399 g/mol. The van der Waals surface area contributed by atoms with E-state index in [1.54, 1.807) is 12.0 Å². The highest BCUT2D eigenvalue weighted by molar-refractivity contribution is 5.91. The number of likely N-dealkylation sites (tertiary alicyclic amines) is 2. The van der Waals surface area contributed by atoms with Gasteiger partial charge in [-0.1, -0.05) is 12.1 Å². The fourth-order valence-electron chi connectivity index (χ4n) is 4.45. The second-order valence-corrected chi connectivity index (χ2v) is 7.40. The molecule has 2 saturated heterocycles. The van der Waals surface area contributed by atoms with Gasteiger partial charge >= 0.3 is 0 Å². The lowest BCUT2D eigenvalue weighted by atomic mass is 9.89. The Bertz CT molecular complexity index is 852. The van der Waals surface area contributed by atoms with E-state index in [0.717, 1.165) is 11.3 Å². The summed E-state index contributed by atoms with van der Waals surface area (Å²) >= 11 is 0. The molecule has 154 valence electrons. The van der Waals surface area contributed by atoms with Crippen LogP contribution in [0.1, 0.15) is 29.1 Å². The van der Waals surface area contributed by atoms with E-state index < -0.39 is 0 Å². The van der Waals surface area contributed by atoms with Gasteiger partial charge in [0.25, 0.3) is 5.91 Å². The molecule has 3 heterocycles. The molecule has 2 aromatic rings. The number of hydrogen-bond acceptors (Lipinski definition) is 6. The van der Waals surface area contributed by atoms with Crippen molar-refractivity contribution in [2.75, 3.05) is 40.0 Å². The monoisotopic (exact) mass is 399 g/mol. The lowest BCUT2D eigenvalue weighted by Crippen LogP contribution is -2.39. The molecule has 2 aliphatic rings. The van der Waals surface area contributed by atoms with Gasteiger partial charge in [-0.25, -0.2) is 4.98 Å². The Balaban J connectivity index is 1.57. The molecular formula is C21H25N3O5. The number of rotatable bonds is 6. The van der Waals surface area contributed by atoms with E-state index in [1.807, 2.05) is 36.1 Å². The zero-order chi connectivity index (χ0) is 20.4. The predicted octanol–water partition coefficient (Wildman–Crippen LogP) is 1.99. The number of aromatic nitrogens is 1. The van der Waals surface area contributed by atoms with E-state index in [1.165, 1.54) is 12.6 Å². The number of carbonyl (C=O) groups is 2. The molecule has 2 amide bonds. The van der Waals surface area contributed by atoms with Crippen LogP contribution >= 0.6 is 0 Å². The summed E-state index contributed by atoms with van der Waals surface area (Å²) < 4.78 is 15.8. The maximum atomic E-state index is 12.8. The maximum Gasteiger partial charge on any atom is 0.291 e. The number of benzene rings is 1. The molecular weight excluding hydrogens is 374 g/mol. The third-order valence-corrected chi connectivity index (χ3v) is 5.80. The summed E-state index contributed by atoms with van der Waals surface area (Å²) in [6.45, 7) is 4.21. The van der Waals surface area contributed by atoms with E-state index in [4.69, 9.17) is 13.9 Å². The highest BCUT2D eigenvalue weighted by atomic mass is 16.5. The first-order valence-corrected chi connectivity index (χ1v) is 9.81. The predicted molar refractivity (Wildman–Crippen MR) is 103 cm³/mol. The Morgan fingerprint density at radius 1 is 1.21 bits per heavy atom. The fraction of sp³-hybridized carbons (Fsp3) is 0.476. The van der Waals surface area contributed by atoms with Gasteiger partial charge < -0.3 is 23.7 Å². The summed E-state index contributed by atoms with van der Waals surface area (Å²) in [5.41, 5.74) is 1.04. The summed E-state index contributed by atoms with van der Waals surface area (Å²) in [4.78, 5) is 33.1. The molecule has 2 aliphatic heterocycles. The van der Waals surface area contributed by atoms with Crippen LogP contribution in [0.15, 0.2) is 41.3 Å². The first-order chi connectivity index (χ1) is 14.1. The molecule has 1 aromatic heterocycles. The molecule has 0 N–H and O–H groups in total. The molecule has 1 aromatic carbocycles. The van der Waals surface area contributed by atoms with E-state index in [-0.39, 0.29) is 42.1 Å². The summed E-state index contributed by atoms with van der Waals surface area (Å²) in [5, 5.41) is 0. The van der Waals surface area contributed by atoms with Gasteiger partial charge in [-0.3, -0.25) is 9.59 Å². The molecule has 0 unspecified atom stereocenters. The SMILES string of the molecule is CCOCC(=O)N1C[C@@H]2CN(C(=O)c3cnco3)C[C@@H]2[C@@H]1c1ccc(OC)cc1. The van der Waals surface area contributed by atoms with Crippen molar-refractivity contribution in [3.05, 3.63) is 48.2 Å². The number of fused-ring (bicyclic) bond motifs is 1. The third kappa shape index (κ3) is 3.72. The summed E-state index contributed by atoms with van der Waals surface area (Å²) in [7, 11) is 1.63. The standard InChI is InChI=1S/C21H25N3O5/c1-3-28-12-19(25)24-10-15-9-23(21(26)18-8-22-13-29-18)11-17(15)20(24)14-4-6-16(27-2)7-5-14/h4-8,13,15,17,20H,3,9-12H2,1-2H3/t15-,17-,20-/m0/s1. The van der Waals surface area contributed by atoms with Crippen molar-refractivity contribution in [2.45, 2.75) is 13.0 Å². The molecule has 0 spiro atoms.